The second kappa shape index (κ2) is 6.51. The predicted octanol–water partition coefficient (Wildman–Crippen LogP) is 0.457. The molecule has 0 saturated heterocycles. The van der Waals surface area contributed by atoms with Gasteiger partial charge in [0.25, 0.3) is 0 Å². The van der Waals surface area contributed by atoms with E-state index in [4.69, 9.17) is 0 Å². The second-order valence-electron chi connectivity index (χ2n) is 5.57. The molecule has 3 N–H and O–H groups in total. The molecule has 23 heavy (non-hydrogen) atoms. The lowest BCUT2D eigenvalue weighted by Gasteiger charge is -2.08. The van der Waals surface area contributed by atoms with Crippen LogP contribution in [0.1, 0.15) is 19.3 Å². The molecule has 1 fully saturated rings. The number of benzene rings is 1. The first-order chi connectivity index (χ1) is 11.1. The van der Waals surface area contributed by atoms with Crippen LogP contribution in [0, 0.1) is 0 Å². The van der Waals surface area contributed by atoms with Gasteiger partial charge in [0.05, 0.1) is 0 Å². The molecule has 0 spiro atoms. The number of aromatic nitrogens is 1. The largest absolute Gasteiger partial charge is 0.347 e. The van der Waals surface area contributed by atoms with E-state index in [2.05, 4.69) is 16.2 Å². The molecule has 2 aromatic rings. The highest BCUT2D eigenvalue weighted by molar-refractivity contribution is 6.35. The van der Waals surface area contributed by atoms with E-state index in [1.807, 2.05) is 41.1 Å². The van der Waals surface area contributed by atoms with Crippen molar-refractivity contribution < 1.29 is 14.4 Å². The lowest BCUT2D eigenvalue weighted by molar-refractivity contribution is -0.141. The van der Waals surface area contributed by atoms with Crippen LogP contribution in [0.5, 0.6) is 0 Å². The van der Waals surface area contributed by atoms with Gasteiger partial charge in [0.15, 0.2) is 0 Å². The van der Waals surface area contributed by atoms with E-state index < -0.39 is 11.8 Å². The van der Waals surface area contributed by atoms with Crippen LogP contribution in [0.15, 0.2) is 36.5 Å². The van der Waals surface area contributed by atoms with Crippen molar-refractivity contribution in [1.29, 1.82) is 0 Å². The van der Waals surface area contributed by atoms with Crippen LogP contribution in [0.2, 0.25) is 0 Å². The first-order valence-electron chi connectivity index (χ1n) is 7.57. The maximum Gasteiger partial charge on any atom is 0.327 e. The van der Waals surface area contributed by atoms with Crippen LogP contribution >= 0.6 is 0 Å². The molecule has 1 aromatic heterocycles. The van der Waals surface area contributed by atoms with Crippen molar-refractivity contribution in [3.63, 3.8) is 0 Å². The Hall–Kier alpha value is -2.83. The van der Waals surface area contributed by atoms with Crippen LogP contribution in [-0.4, -0.2) is 28.3 Å². The molecule has 7 nitrogen and oxygen atoms in total. The monoisotopic (exact) mass is 314 g/mol. The predicted molar refractivity (Wildman–Crippen MR) is 84.0 cm³/mol. The topological polar surface area (TPSA) is 92.2 Å². The fraction of sp³-hybridized carbons (Fsp3) is 0.312. The summed E-state index contributed by atoms with van der Waals surface area (Å²) in [6, 6.07) is 9.98. The summed E-state index contributed by atoms with van der Waals surface area (Å²) in [4.78, 5) is 34.7. The Morgan fingerprint density at radius 2 is 1.83 bits per heavy atom. The number of nitrogens with zero attached hydrogens (tertiary/aromatic N) is 1. The number of rotatable bonds is 4. The van der Waals surface area contributed by atoms with E-state index in [-0.39, 0.29) is 18.4 Å². The standard InChI is InChI=1S/C16H18N4O3/c21-14(18-19-16(23)15(22)17-12-5-6-12)8-10-20-9-7-11-3-1-2-4-13(11)20/h1-4,7,9,12H,5-6,8,10H2,(H,17,22)(H,18,21)(H,19,23). The van der Waals surface area contributed by atoms with Crippen molar-refractivity contribution in [2.45, 2.75) is 31.8 Å². The van der Waals surface area contributed by atoms with Crippen molar-refractivity contribution in [1.82, 2.24) is 20.7 Å². The van der Waals surface area contributed by atoms with E-state index in [0.29, 0.717) is 6.54 Å². The summed E-state index contributed by atoms with van der Waals surface area (Å²) >= 11 is 0. The Kier molecular flexibility index (Phi) is 4.27. The van der Waals surface area contributed by atoms with Gasteiger partial charge in [0.2, 0.25) is 5.91 Å². The molecule has 0 aliphatic heterocycles. The van der Waals surface area contributed by atoms with E-state index in [9.17, 15) is 14.4 Å². The molecule has 1 aliphatic rings. The Labute approximate surface area is 133 Å². The smallest absolute Gasteiger partial charge is 0.327 e. The average molecular weight is 314 g/mol. The maximum absolute atomic E-state index is 11.8. The number of aryl methyl sites for hydroxylation is 1. The zero-order chi connectivity index (χ0) is 16.2. The number of carbonyl (C=O) groups is 3. The number of hydrogen-bond acceptors (Lipinski definition) is 3. The van der Waals surface area contributed by atoms with Crippen LogP contribution in [0.4, 0.5) is 0 Å². The number of para-hydroxylation sites is 1. The van der Waals surface area contributed by atoms with E-state index in [0.717, 1.165) is 23.7 Å². The van der Waals surface area contributed by atoms with Gasteiger partial charge in [0.1, 0.15) is 0 Å². The number of hydrogen-bond donors (Lipinski definition) is 3. The summed E-state index contributed by atoms with van der Waals surface area (Å²) in [7, 11) is 0. The van der Waals surface area contributed by atoms with Gasteiger partial charge < -0.3 is 9.88 Å². The third kappa shape index (κ3) is 3.88. The molecule has 0 bridgehead atoms. The molecule has 1 aromatic carbocycles. The fourth-order valence-corrected chi connectivity index (χ4v) is 2.28. The van der Waals surface area contributed by atoms with Gasteiger partial charge in [-0.25, -0.2) is 0 Å². The molecule has 3 rings (SSSR count). The molecular weight excluding hydrogens is 296 g/mol. The molecule has 3 amide bonds. The summed E-state index contributed by atoms with van der Waals surface area (Å²) < 4.78 is 1.97. The van der Waals surface area contributed by atoms with Crippen LogP contribution in [-0.2, 0) is 20.9 Å². The Balaban J connectivity index is 1.44. The van der Waals surface area contributed by atoms with Gasteiger partial charge in [-0.15, -0.1) is 0 Å². The summed E-state index contributed by atoms with van der Waals surface area (Å²) in [6.07, 6.45) is 3.91. The third-order valence-corrected chi connectivity index (χ3v) is 3.69. The van der Waals surface area contributed by atoms with E-state index >= 15 is 0 Å². The molecule has 1 saturated carbocycles. The van der Waals surface area contributed by atoms with Crippen LogP contribution in [0.3, 0.4) is 0 Å². The zero-order valence-corrected chi connectivity index (χ0v) is 12.5. The van der Waals surface area contributed by atoms with Gasteiger partial charge in [-0.3, -0.25) is 25.2 Å². The molecule has 1 heterocycles. The Morgan fingerprint density at radius 3 is 2.61 bits per heavy atom. The van der Waals surface area contributed by atoms with Crippen molar-refractivity contribution in [2.24, 2.45) is 0 Å². The first-order valence-corrected chi connectivity index (χ1v) is 7.57. The second-order valence-corrected chi connectivity index (χ2v) is 5.57. The number of carbonyl (C=O) groups excluding carboxylic acids is 3. The van der Waals surface area contributed by atoms with Crippen molar-refractivity contribution >= 4 is 28.6 Å². The lowest BCUT2D eigenvalue weighted by Crippen LogP contribution is -2.49. The Bertz CT molecular complexity index is 749. The SMILES string of the molecule is O=C(CCn1ccc2ccccc21)NNC(=O)C(=O)NC1CC1. The molecule has 120 valence electrons. The molecule has 0 atom stereocenters. The molecule has 0 unspecified atom stereocenters. The number of hydrazine groups is 1. The van der Waals surface area contributed by atoms with Crippen molar-refractivity contribution in [3.05, 3.63) is 36.5 Å². The normalized spacial score (nSPS) is 13.6. The molecule has 7 heteroatoms. The number of nitrogens with one attached hydrogen (secondary N) is 3. The lowest BCUT2D eigenvalue weighted by atomic mass is 10.2. The van der Waals surface area contributed by atoms with Gasteiger partial charge in [-0.05, 0) is 30.4 Å². The maximum atomic E-state index is 11.8. The third-order valence-electron chi connectivity index (χ3n) is 3.69. The van der Waals surface area contributed by atoms with E-state index in [1.54, 1.807) is 0 Å². The highest BCUT2D eigenvalue weighted by Gasteiger charge is 2.26. The fourth-order valence-electron chi connectivity index (χ4n) is 2.28. The van der Waals surface area contributed by atoms with Crippen LogP contribution < -0.4 is 16.2 Å². The zero-order valence-electron chi connectivity index (χ0n) is 12.5. The molecule has 0 radical (unpaired) electrons. The minimum atomic E-state index is -0.850. The summed E-state index contributed by atoms with van der Waals surface area (Å²) in [6.45, 7) is 0.490. The average Bonchev–Trinajstić information content (AvgIpc) is 3.28. The highest BCUT2D eigenvalue weighted by atomic mass is 16.2. The quantitative estimate of drug-likeness (QED) is 0.565. The molecular formula is C16H18N4O3. The van der Waals surface area contributed by atoms with Gasteiger partial charge >= 0.3 is 11.8 Å². The molecule has 1 aliphatic carbocycles. The van der Waals surface area contributed by atoms with Gasteiger partial charge in [-0.1, -0.05) is 18.2 Å². The summed E-state index contributed by atoms with van der Waals surface area (Å²) in [5.41, 5.74) is 5.43. The summed E-state index contributed by atoms with van der Waals surface area (Å²) in [5, 5.41) is 3.65. The van der Waals surface area contributed by atoms with Crippen molar-refractivity contribution in [3.8, 4) is 0 Å². The minimum Gasteiger partial charge on any atom is -0.347 e. The number of amides is 3. The van der Waals surface area contributed by atoms with E-state index in [1.165, 1.54) is 0 Å². The minimum absolute atomic E-state index is 0.103. The Morgan fingerprint density at radius 1 is 1.04 bits per heavy atom. The first kappa shape index (κ1) is 15.1. The summed E-state index contributed by atoms with van der Waals surface area (Å²) in [5.74, 6) is -1.92. The highest BCUT2D eigenvalue weighted by Crippen LogP contribution is 2.18. The van der Waals surface area contributed by atoms with Gasteiger partial charge in [-0.2, -0.15) is 0 Å². The van der Waals surface area contributed by atoms with Crippen LogP contribution in [0.25, 0.3) is 10.9 Å². The van der Waals surface area contributed by atoms with Crippen molar-refractivity contribution in [2.75, 3.05) is 0 Å². The number of fused-ring (bicyclic) bond motifs is 1. The van der Waals surface area contributed by atoms with Gasteiger partial charge in [0, 0.05) is 30.7 Å².